The van der Waals surface area contributed by atoms with Gasteiger partial charge in [-0.2, -0.15) is 0 Å². The number of unbranched alkanes of at least 4 members (excludes halogenated alkanes) is 1. The molecule has 1 aromatic rings. The Kier molecular flexibility index (Phi) is 7.56. The predicted octanol–water partition coefficient (Wildman–Crippen LogP) is 4.30. The van der Waals surface area contributed by atoms with E-state index in [9.17, 15) is 0 Å². The van der Waals surface area contributed by atoms with Crippen molar-refractivity contribution in [2.75, 3.05) is 13.2 Å². The highest BCUT2D eigenvalue weighted by Gasteiger charge is 2.12. The molecule has 0 saturated heterocycles. The Morgan fingerprint density at radius 2 is 1.89 bits per heavy atom. The minimum Gasteiger partial charge on any atom is -0.372 e. The maximum absolute atomic E-state index is 5.98. The van der Waals surface area contributed by atoms with Crippen molar-refractivity contribution < 1.29 is 4.74 Å². The third kappa shape index (κ3) is 5.98. The molecule has 0 aliphatic rings. The normalized spacial score (nSPS) is 12.9. The summed E-state index contributed by atoms with van der Waals surface area (Å²) >= 11 is 3.46. The predicted molar refractivity (Wildman–Crippen MR) is 80.9 cm³/mol. The number of hydrogen-bond donors (Lipinski definition) is 1. The Morgan fingerprint density at radius 1 is 1.22 bits per heavy atom. The van der Waals surface area contributed by atoms with Gasteiger partial charge in [-0.3, -0.25) is 0 Å². The van der Waals surface area contributed by atoms with Gasteiger partial charge < -0.3 is 10.1 Å². The molecule has 1 aromatic carbocycles. The van der Waals surface area contributed by atoms with Crippen LogP contribution in [-0.4, -0.2) is 19.2 Å². The molecule has 1 atom stereocenters. The van der Waals surface area contributed by atoms with E-state index in [1.807, 2.05) is 0 Å². The maximum Gasteiger partial charge on any atom is 0.0949 e. The fourth-order valence-corrected chi connectivity index (χ4v) is 1.93. The van der Waals surface area contributed by atoms with Crippen molar-refractivity contribution in [1.29, 1.82) is 0 Å². The zero-order valence-corrected chi connectivity index (χ0v) is 13.2. The second kappa shape index (κ2) is 8.68. The lowest BCUT2D eigenvalue weighted by molar-refractivity contribution is 0.0494. The summed E-state index contributed by atoms with van der Waals surface area (Å²) in [6, 6.07) is 8.88. The molecule has 0 spiro atoms. The van der Waals surface area contributed by atoms with Crippen LogP contribution in [0, 0.1) is 0 Å². The third-order valence-corrected chi connectivity index (χ3v) is 3.30. The van der Waals surface area contributed by atoms with Crippen molar-refractivity contribution in [3.05, 3.63) is 34.3 Å². The van der Waals surface area contributed by atoms with Gasteiger partial charge in [0.05, 0.1) is 6.10 Å². The number of rotatable bonds is 8. The molecular formula is C15H24BrNO. The van der Waals surface area contributed by atoms with E-state index in [1.165, 1.54) is 12.0 Å². The molecule has 3 heteroatoms. The van der Waals surface area contributed by atoms with Gasteiger partial charge in [0.25, 0.3) is 0 Å². The molecule has 1 rings (SSSR count). The second-order valence-corrected chi connectivity index (χ2v) is 5.74. The molecule has 0 saturated carbocycles. The summed E-state index contributed by atoms with van der Waals surface area (Å²) in [6.07, 6.45) is 2.44. The minimum atomic E-state index is 0.145. The zero-order chi connectivity index (χ0) is 13.4. The van der Waals surface area contributed by atoms with Crippen molar-refractivity contribution in [2.45, 2.75) is 45.8 Å². The number of hydrogen-bond acceptors (Lipinski definition) is 2. The molecular weight excluding hydrogens is 290 g/mol. The molecule has 1 unspecified atom stereocenters. The molecule has 0 amide bonds. The Morgan fingerprint density at radius 3 is 2.44 bits per heavy atom. The van der Waals surface area contributed by atoms with Crippen LogP contribution in [0.25, 0.3) is 0 Å². The van der Waals surface area contributed by atoms with Gasteiger partial charge >= 0.3 is 0 Å². The lowest BCUT2D eigenvalue weighted by atomic mass is 10.1. The lowest BCUT2D eigenvalue weighted by Crippen LogP contribution is -2.29. The standard InChI is InChI=1S/C15H24BrNO/c1-4-5-10-18-15(11-17-12(2)3)13-6-8-14(16)9-7-13/h6-9,12,15,17H,4-5,10-11H2,1-3H3. The highest BCUT2D eigenvalue weighted by Crippen LogP contribution is 2.20. The fraction of sp³-hybridized carbons (Fsp3) is 0.600. The largest absolute Gasteiger partial charge is 0.372 e. The number of benzene rings is 1. The van der Waals surface area contributed by atoms with E-state index in [0.29, 0.717) is 6.04 Å². The molecule has 0 aliphatic heterocycles. The van der Waals surface area contributed by atoms with Crippen LogP contribution < -0.4 is 5.32 Å². The van der Waals surface area contributed by atoms with E-state index in [-0.39, 0.29) is 6.10 Å². The highest BCUT2D eigenvalue weighted by atomic mass is 79.9. The molecule has 18 heavy (non-hydrogen) atoms. The van der Waals surface area contributed by atoms with Crippen molar-refractivity contribution in [2.24, 2.45) is 0 Å². The first-order valence-electron chi connectivity index (χ1n) is 6.74. The molecule has 0 bridgehead atoms. The number of ether oxygens (including phenoxy) is 1. The SMILES string of the molecule is CCCCOC(CNC(C)C)c1ccc(Br)cc1. The van der Waals surface area contributed by atoms with Gasteiger partial charge in [-0.25, -0.2) is 0 Å². The van der Waals surface area contributed by atoms with Crippen LogP contribution in [0.5, 0.6) is 0 Å². The van der Waals surface area contributed by atoms with Crippen molar-refractivity contribution in [1.82, 2.24) is 5.32 Å². The van der Waals surface area contributed by atoms with Gasteiger partial charge in [-0.05, 0) is 24.1 Å². The van der Waals surface area contributed by atoms with E-state index in [0.717, 1.165) is 24.0 Å². The fourth-order valence-electron chi connectivity index (χ4n) is 1.66. The molecule has 0 heterocycles. The molecule has 0 aromatic heterocycles. The van der Waals surface area contributed by atoms with Crippen molar-refractivity contribution in [3.8, 4) is 0 Å². The first-order chi connectivity index (χ1) is 8.63. The maximum atomic E-state index is 5.98. The Bertz CT molecular complexity index is 324. The van der Waals surface area contributed by atoms with E-state index >= 15 is 0 Å². The van der Waals surface area contributed by atoms with Gasteiger partial charge in [-0.15, -0.1) is 0 Å². The van der Waals surface area contributed by atoms with E-state index in [2.05, 4.69) is 66.3 Å². The highest BCUT2D eigenvalue weighted by molar-refractivity contribution is 9.10. The van der Waals surface area contributed by atoms with Gasteiger partial charge in [-0.1, -0.05) is 55.3 Å². The smallest absolute Gasteiger partial charge is 0.0949 e. The Labute approximate surface area is 119 Å². The summed E-state index contributed by atoms with van der Waals surface area (Å²) < 4.78 is 7.09. The van der Waals surface area contributed by atoms with Crippen LogP contribution in [0.15, 0.2) is 28.7 Å². The van der Waals surface area contributed by atoms with Crippen LogP contribution in [0.2, 0.25) is 0 Å². The van der Waals surface area contributed by atoms with Gasteiger partial charge in [0, 0.05) is 23.7 Å². The summed E-state index contributed by atoms with van der Waals surface area (Å²) in [5.41, 5.74) is 1.24. The van der Waals surface area contributed by atoms with Crippen LogP contribution in [0.1, 0.15) is 45.3 Å². The topological polar surface area (TPSA) is 21.3 Å². The van der Waals surface area contributed by atoms with Crippen molar-refractivity contribution >= 4 is 15.9 Å². The minimum absolute atomic E-state index is 0.145. The molecule has 0 aliphatic carbocycles. The van der Waals surface area contributed by atoms with E-state index in [1.54, 1.807) is 0 Å². The summed E-state index contributed by atoms with van der Waals surface area (Å²) in [5, 5.41) is 3.45. The molecule has 0 radical (unpaired) electrons. The van der Waals surface area contributed by atoms with Gasteiger partial charge in [0.1, 0.15) is 0 Å². The van der Waals surface area contributed by atoms with Crippen LogP contribution >= 0.6 is 15.9 Å². The van der Waals surface area contributed by atoms with Crippen LogP contribution in [-0.2, 0) is 4.74 Å². The van der Waals surface area contributed by atoms with Crippen LogP contribution in [0.3, 0.4) is 0 Å². The van der Waals surface area contributed by atoms with E-state index < -0.39 is 0 Å². The third-order valence-electron chi connectivity index (χ3n) is 2.77. The zero-order valence-electron chi connectivity index (χ0n) is 11.6. The summed E-state index contributed by atoms with van der Waals surface area (Å²) in [5.74, 6) is 0. The average molecular weight is 314 g/mol. The van der Waals surface area contributed by atoms with Gasteiger partial charge in [0.15, 0.2) is 0 Å². The number of nitrogens with one attached hydrogen (secondary N) is 1. The lowest BCUT2D eigenvalue weighted by Gasteiger charge is -2.20. The van der Waals surface area contributed by atoms with Crippen molar-refractivity contribution in [3.63, 3.8) is 0 Å². The second-order valence-electron chi connectivity index (χ2n) is 4.83. The molecule has 1 N–H and O–H groups in total. The Hall–Kier alpha value is -0.380. The quantitative estimate of drug-likeness (QED) is 0.722. The Balaban J connectivity index is 2.60. The first kappa shape index (κ1) is 15.7. The molecule has 2 nitrogen and oxygen atoms in total. The summed E-state index contributed by atoms with van der Waals surface area (Å²) in [4.78, 5) is 0. The van der Waals surface area contributed by atoms with Gasteiger partial charge in [0.2, 0.25) is 0 Å². The number of halogens is 1. The molecule has 102 valence electrons. The monoisotopic (exact) mass is 313 g/mol. The molecule has 0 fully saturated rings. The average Bonchev–Trinajstić information content (AvgIpc) is 2.34. The first-order valence-corrected chi connectivity index (χ1v) is 7.53. The van der Waals surface area contributed by atoms with E-state index in [4.69, 9.17) is 4.74 Å². The summed E-state index contributed by atoms with van der Waals surface area (Å²) in [6.45, 7) is 8.19. The summed E-state index contributed by atoms with van der Waals surface area (Å²) in [7, 11) is 0. The van der Waals surface area contributed by atoms with Crippen LogP contribution in [0.4, 0.5) is 0 Å².